The Kier molecular flexibility index (Phi) is 4.54. The van der Waals surface area contributed by atoms with E-state index in [9.17, 15) is 0 Å². The number of likely N-dealkylation sites (N-methyl/N-ethyl adjacent to an activating group) is 1. The zero-order valence-corrected chi connectivity index (χ0v) is 13.0. The summed E-state index contributed by atoms with van der Waals surface area (Å²) in [5, 5.41) is 12.1. The minimum atomic E-state index is 0.191. The zero-order valence-electron chi connectivity index (χ0n) is 13.0. The normalized spacial score (nSPS) is 13.1. The number of rotatable bonds is 6. The number of nitrogens with zero attached hydrogens (tertiary/aromatic N) is 5. The van der Waals surface area contributed by atoms with Crippen molar-refractivity contribution >= 4 is 0 Å². The van der Waals surface area contributed by atoms with Gasteiger partial charge < -0.3 is 5.32 Å². The molecule has 0 aliphatic heterocycles. The van der Waals surface area contributed by atoms with Gasteiger partial charge in [0, 0.05) is 20.0 Å². The fourth-order valence-electron chi connectivity index (χ4n) is 2.44. The van der Waals surface area contributed by atoms with Crippen LogP contribution in [0.15, 0.2) is 12.4 Å². The van der Waals surface area contributed by atoms with Crippen molar-refractivity contribution in [3.8, 4) is 0 Å². The lowest BCUT2D eigenvalue weighted by Gasteiger charge is -2.17. The van der Waals surface area contributed by atoms with Crippen molar-refractivity contribution in [3.05, 3.63) is 29.6 Å². The average molecular weight is 276 g/mol. The second-order valence-electron chi connectivity index (χ2n) is 5.63. The first kappa shape index (κ1) is 14.7. The molecule has 1 unspecified atom stereocenters. The highest BCUT2D eigenvalue weighted by atomic mass is 15.3. The summed E-state index contributed by atoms with van der Waals surface area (Å²) in [4.78, 5) is 4.40. The second-order valence-corrected chi connectivity index (χ2v) is 5.63. The molecule has 6 heteroatoms. The van der Waals surface area contributed by atoms with E-state index in [-0.39, 0.29) is 6.04 Å². The average Bonchev–Trinajstić information content (AvgIpc) is 2.92. The van der Waals surface area contributed by atoms with Crippen molar-refractivity contribution in [2.45, 2.75) is 39.8 Å². The Balaban J connectivity index is 2.18. The Bertz CT molecular complexity index is 554. The minimum Gasteiger partial charge on any atom is -0.311 e. The SMILES string of the molecule is CNC(Cc1ncnn1CC(C)C)c1cc(C)nn1C. The van der Waals surface area contributed by atoms with Gasteiger partial charge in [-0.05, 0) is 26.0 Å². The van der Waals surface area contributed by atoms with Gasteiger partial charge in [0.25, 0.3) is 0 Å². The first-order chi connectivity index (χ1) is 9.51. The number of nitrogens with one attached hydrogen (secondary N) is 1. The Morgan fingerprint density at radius 1 is 1.35 bits per heavy atom. The van der Waals surface area contributed by atoms with E-state index in [1.165, 1.54) is 5.69 Å². The van der Waals surface area contributed by atoms with Crippen LogP contribution in [0.1, 0.15) is 37.1 Å². The van der Waals surface area contributed by atoms with Crippen molar-refractivity contribution in [1.29, 1.82) is 0 Å². The van der Waals surface area contributed by atoms with Crippen LogP contribution < -0.4 is 5.32 Å². The molecular weight excluding hydrogens is 252 g/mol. The van der Waals surface area contributed by atoms with E-state index in [0.29, 0.717) is 5.92 Å². The standard InChI is InChI=1S/C14H24N6/c1-10(2)8-20-14(16-9-17-20)7-12(15-4)13-6-11(3)18-19(13)5/h6,9-10,12,15H,7-8H2,1-5H3. The van der Waals surface area contributed by atoms with Gasteiger partial charge in [-0.15, -0.1) is 0 Å². The highest BCUT2D eigenvalue weighted by Gasteiger charge is 2.18. The summed E-state index contributed by atoms with van der Waals surface area (Å²) >= 11 is 0. The van der Waals surface area contributed by atoms with E-state index in [2.05, 4.69) is 40.4 Å². The molecule has 1 atom stereocenters. The molecule has 0 amide bonds. The van der Waals surface area contributed by atoms with Crippen LogP contribution in [-0.2, 0) is 20.0 Å². The summed E-state index contributed by atoms with van der Waals surface area (Å²) in [7, 11) is 3.95. The molecule has 0 spiro atoms. The van der Waals surface area contributed by atoms with Gasteiger partial charge in [-0.2, -0.15) is 10.2 Å². The number of hydrogen-bond donors (Lipinski definition) is 1. The minimum absolute atomic E-state index is 0.191. The molecule has 110 valence electrons. The van der Waals surface area contributed by atoms with Crippen LogP contribution in [0.2, 0.25) is 0 Å². The molecule has 2 rings (SSSR count). The molecule has 0 bridgehead atoms. The highest BCUT2D eigenvalue weighted by molar-refractivity contribution is 5.14. The van der Waals surface area contributed by atoms with Crippen LogP contribution >= 0.6 is 0 Å². The first-order valence-corrected chi connectivity index (χ1v) is 7.05. The maximum absolute atomic E-state index is 4.41. The van der Waals surface area contributed by atoms with Gasteiger partial charge in [0.1, 0.15) is 12.2 Å². The Morgan fingerprint density at radius 2 is 2.10 bits per heavy atom. The predicted molar refractivity (Wildman–Crippen MR) is 78.3 cm³/mol. The molecule has 0 fully saturated rings. The fourth-order valence-corrected chi connectivity index (χ4v) is 2.44. The van der Waals surface area contributed by atoms with Gasteiger partial charge in [-0.3, -0.25) is 4.68 Å². The van der Waals surface area contributed by atoms with Crippen LogP contribution in [0.5, 0.6) is 0 Å². The first-order valence-electron chi connectivity index (χ1n) is 7.05. The summed E-state index contributed by atoms with van der Waals surface area (Å²) in [5.41, 5.74) is 2.20. The molecule has 6 nitrogen and oxygen atoms in total. The molecule has 0 radical (unpaired) electrons. The molecule has 0 saturated heterocycles. The third-order valence-corrected chi connectivity index (χ3v) is 3.36. The fraction of sp³-hybridized carbons (Fsp3) is 0.643. The van der Waals surface area contributed by atoms with Crippen molar-refractivity contribution in [2.75, 3.05) is 7.05 Å². The van der Waals surface area contributed by atoms with Crippen LogP contribution in [-0.4, -0.2) is 31.6 Å². The smallest absolute Gasteiger partial charge is 0.138 e. The maximum atomic E-state index is 4.41. The summed E-state index contributed by atoms with van der Waals surface area (Å²) in [6.45, 7) is 7.28. The molecule has 2 aromatic heterocycles. The van der Waals surface area contributed by atoms with Crippen LogP contribution in [0.25, 0.3) is 0 Å². The monoisotopic (exact) mass is 276 g/mol. The molecule has 0 aliphatic rings. The van der Waals surface area contributed by atoms with Crippen molar-refractivity contribution in [1.82, 2.24) is 29.9 Å². The molecule has 20 heavy (non-hydrogen) atoms. The zero-order chi connectivity index (χ0) is 14.7. The van der Waals surface area contributed by atoms with Gasteiger partial charge in [-0.25, -0.2) is 9.67 Å². The lowest BCUT2D eigenvalue weighted by molar-refractivity contribution is 0.445. The topological polar surface area (TPSA) is 60.6 Å². The third kappa shape index (κ3) is 3.25. The van der Waals surface area contributed by atoms with E-state index >= 15 is 0 Å². The van der Waals surface area contributed by atoms with Crippen molar-refractivity contribution < 1.29 is 0 Å². The molecular formula is C14H24N6. The molecule has 0 saturated carbocycles. The highest BCUT2D eigenvalue weighted by Crippen LogP contribution is 2.18. The summed E-state index contributed by atoms with van der Waals surface area (Å²) < 4.78 is 3.93. The van der Waals surface area contributed by atoms with Crippen molar-refractivity contribution in [2.24, 2.45) is 13.0 Å². The summed E-state index contributed by atoms with van der Waals surface area (Å²) in [6, 6.07) is 2.31. The van der Waals surface area contributed by atoms with E-state index in [1.807, 2.05) is 30.4 Å². The van der Waals surface area contributed by atoms with Crippen LogP contribution in [0.4, 0.5) is 0 Å². The largest absolute Gasteiger partial charge is 0.311 e. The van der Waals surface area contributed by atoms with E-state index in [1.54, 1.807) is 6.33 Å². The lowest BCUT2D eigenvalue weighted by Crippen LogP contribution is -2.24. The number of aryl methyl sites for hydroxylation is 2. The van der Waals surface area contributed by atoms with E-state index in [4.69, 9.17) is 0 Å². The van der Waals surface area contributed by atoms with E-state index in [0.717, 1.165) is 24.5 Å². The second kappa shape index (κ2) is 6.17. The molecule has 0 aliphatic carbocycles. The van der Waals surface area contributed by atoms with Crippen molar-refractivity contribution in [3.63, 3.8) is 0 Å². The molecule has 2 heterocycles. The molecule has 2 aromatic rings. The quantitative estimate of drug-likeness (QED) is 0.868. The number of aromatic nitrogens is 5. The van der Waals surface area contributed by atoms with Crippen LogP contribution in [0, 0.1) is 12.8 Å². The maximum Gasteiger partial charge on any atom is 0.138 e. The van der Waals surface area contributed by atoms with E-state index < -0.39 is 0 Å². The predicted octanol–water partition coefficient (Wildman–Crippen LogP) is 1.48. The lowest BCUT2D eigenvalue weighted by atomic mass is 10.1. The van der Waals surface area contributed by atoms with Gasteiger partial charge in [0.05, 0.1) is 17.4 Å². The Morgan fingerprint density at radius 3 is 2.65 bits per heavy atom. The molecule has 1 N–H and O–H groups in total. The number of hydrogen-bond acceptors (Lipinski definition) is 4. The Hall–Kier alpha value is -1.69. The Labute approximate surface area is 120 Å². The summed E-state index contributed by atoms with van der Waals surface area (Å²) in [5.74, 6) is 1.57. The molecule has 0 aromatic carbocycles. The van der Waals surface area contributed by atoms with Gasteiger partial charge in [-0.1, -0.05) is 13.8 Å². The van der Waals surface area contributed by atoms with Gasteiger partial charge in [0.15, 0.2) is 0 Å². The van der Waals surface area contributed by atoms with Gasteiger partial charge in [0.2, 0.25) is 0 Å². The van der Waals surface area contributed by atoms with Gasteiger partial charge >= 0.3 is 0 Å². The third-order valence-electron chi connectivity index (χ3n) is 3.36. The van der Waals surface area contributed by atoms with Crippen LogP contribution in [0.3, 0.4) is 0 Å². The summed E-state index contributed by atoms with van der Waals surface area (Å²) in [6.07, 6.45) is 2.45.